The van der Waals surface area contributed by atoms with Crippen LogP contribution in [0.2, 0.25) is 0 Å². The lowest BCUT2D eigenvalue weighted by Crippen LogP contribution is -2.42. The van der Waals surface area contributed by atoms with E-state index >= 15 is 0 Å². The summed E-state index contributed by atoms with van der Waals surface area (Å²) in [5.41, 5.74) is 0. The van der Waals surface area contributed by atoms with Crippen molar-refractivity contribution in [1.82, 2.24) is 10.6 Å². The van der Waals surface area contributed by atoms with Gasteiger partial charge in [-0.1, -0.05) is 77.0 Å². The molecule has 0 bridgehead atoms. The predicted octanol–water partition coefficient (Wildman–Crippen LogP) is 5.42. The fraction of sp³-hybridized carbons (Fsp3) is 0.786. The number of hydrogen-bond donors (Lipinski definition) is 6. The van der Waals surface area contributed by atoms with E-state index in [4.69, 9.17) is 14.6 Å². The average Bonchev–Trinajstić information content (AvgIpc) is 3.16. The number of rotatable bonds is 42. The van der Waals surface area contributed by atoms with Gasteiger partial charge in [-0.25, -0.2) is 9.59 Å². The maximum Gasteiger partial charge on any atom is 0.326 e. The summed E-state index contributed by atoms with van der Waals surface area (Å²) >= 11 is 0. The molecule has 17 nitrogen and oxygen atoms in total. The molecule has 0 radical (unpaired) electrons. The van der Waals surface area contributed by atoms with Crippen molar-refractivity contribution < 1.29 is 73.1 Å². The number of Topliss-reactive ketones (excluding diaryl/α,β-unsaturated/α-hetero) is 3. The van der Waals surface area contributed by atoms with E-state index in [-0.39, 0.29) is 102 Å². The van der Waals surface area contributed by atoms with Gasteiger partial charge < -0.3 is 45.3 Å². The van der Waals surface area contributed by atoms with Gasteiger partial charge in [-0.3, -0.25) is 28.8 Å². The number of unbranched alkanes of at least 4 members (excludes halogenated alkanes) is 13. The highest BCUT2D eigenvalue weighted by atomic mass is 16.5. The van der Waals surface area contributed by atoms with E-state index in [9.17, 15) is 58.5 Å². The summed E-state index contributed by atoms with van der Waals surface area (Å²) in [6.45, 7) is 1.12. The van der Waals surface area contributed by atoms with Crippen LogP contribution in [-0.2, 0) is 52.6 Å². The van der Waals surface area contributed by atoms with Crippen molar-refractivity contribution >= 4 is 53.0 Å². The first kappa shape index (κ1) is 54.8. The molecule has 0 aromatic rings. The molecule has 0 saturated carbocycles. The number of carbonyl (C=O) groups is 9. The van der Waals surface area contributed by atoms with Gasteiger partial charge in [0.05, 0.1) is 19.1 Å². The minimum absolute atomic E-state index is 0.000465. The number of nitrogens with one attached hydrogen (secondary N) is 2. The maximum absolute atomic E-state index is 12.3. The Kier molecular flexibility index (Phi) is 33.1. The standard InChI is InChI=1S/C42H70N2O15/c1-31(45)20-21-32(40(52)53)29-34(47)23-25-36(42(56)57)44-38(49)30-59-28-27-58-26-16-17-33(46)22-24-35(41(54)55)43-37(48)18-14-12-10-8-6-4-2-3-5-7-9-11-13-15-19-39(50)51/h32,35-36H,2-30H2,1H3,(H,43,48)(H,44,49)(H,50,51)(H,52,53)(H,54,55)(H,56,57)/t32-,35+,36+/m1/s1. The number of hydrogen-bond acceptors (Lipinski definition) is 11. The second-order valence-corrected chi connectivity index (χ2v) is 15.2. The fourth-order valence-electron chi connectivity index (χ4n) is 6.26. The Labute approximate surface area is 348 Å². The SMILES string of the molecule is CC(=O)CC[C@H](CC(=O)CC[C@H](NC(=O)COCCOCCCC(=O)CC[C@H](NC(=O)CCCCCCCCCCCCCCCCC(=O)O)C(=O)O)C(=O)O)C(=O)O. The fourth-order valence-corrected chi connectivity index (χ4v) is 6.26. The normalized spacial score (nSPS) is 12.6. The molecule has 0 aliphatic rings. The predicted molar refractivity (Wildman–Crippen MR) is 216 cm³/mol. The molecule has 3 atom stereocenters. The summed E-state index contributed by atoms with van der Waals surface area (Å²) < 4.78 is 10.6. The Morgan fingerprint density at radius 2 is 0.898 bits per heavy atom. The van der Waals surface area contributed by atoms with Crippen LogP contribution < -0.4 is 10.6 Å². The molecule has 0 heterocycles. The second-order valence-electron chi connectivity index (χ2n) is 15.2. The van der Waals surface area contributed by atoms with Gasteiger partial charge >= 0.3 is 23.9 Å². The number of ether oxygens (including phenoxy) is 2. The maximum atomic E-state index is 12.3. The van der Waals surface area contributed by atoms with E-state index in [1.54, 1.807) is 0 Å². The number of carboxylic acids is 4. The average molecular weight is 843 g/mol. The zero-order chi connectivity index (χ0) is 44.3. The highest BCUT2D eigenvalue weighted by Crippen LogP contribution is 2.16. The molecule has 0 rings (SSSR count). The lowest BCUT2D eigenvalue weighted by atomic mass is 9.94. The van der Waals surface area contributed by atoms with Gasteiger partial charge in [-0.05, 0) is 45.4 Å². The number of ketones is 3. The zero-order valence-electron chi connectivity index (χ0n) is 35.0. The first-order chi connectivity index (χ1) is 28.1. The van der Waals surface area contributed by atoms with Crippen molar-refractivity contribution in [3.05, 3.63) is 0 Å². The molecule has 0 aromatic heterocycles. The molecular weight excluding hydrogens is 772 g/mol. The molecule has 0 aliphatic heterocycles. The smallest absolute Gasteiger partial charge is 0.326 e. The molecular formula is C42H70N2O15. The third kappa shape index (κ3) is 34.3. The van der Waals surface area contributed by atoms with Crippen LogP contribution in [0, 0.1) is 5.92 Å². The number of amides is 2. The number of aliphatic carboxylic acids is 4. The van der Waals surface area contributed by atoms with Gasteiger partial charge in [0.2, 0.25) is 11.8 Å². The molecule has 0 aliphatic carbocycles. The van der Waals surface area contributed by atoms with Crippen molar-refractivity contribution in [3.63, 3.8) is 0 Å². The quantitative estimate of drug-likeness (QED) is 0.0419. The Morgan fingerprint density at radius 1 is 0.441 bits per heavy atom. The molecule has 6 N–H and O–H groups in total. The highest BCUT2D eigenvalue weighted by Gasteiger charge is 2.25. The zero-order valence-corrected chi connectivity index (χ0v) is 35.0. The van der Waals surface area contributed by atoms with Crippen LogP contribution in [-0.4, -0.2) is 112 Å². The van der Waals surface area contributed by atoms with Gasteiger partial charge in [0, 0.05) is 51.6 Å². The van der Waals surface area contributed by atoms with Crippen molar-refractivity contribution in [2.24, 2.45) is 5.92 Å². The molecule has 338 valence electrons. The lowest BCUT2D eigenvalue weighted by molar-refractivity contribution is -0.145. The summed E-state index contributed by atoms with van der Waals surface area (Å²) in [5, 5.41) is 41.6. The van der Waals surface area contributed by atoms with Gasteiger partial charge in [0.15, 0.2) is 0 Å². The Balaban J connectivity index is 4.00. The van der Waals surface area contributed by atoms with Gasteiger partial charge in [0.1, 0.15) is 36.0 Å². The Bertz CT molecular complexity index is 1290. The van der Waals surface area contributed by atoms with Crippen LogP contribution in [0.5, 0.6) is 0 Å². The van der Waals surface area contributed by atoms with E-state index in [0.717, 1.165) is 51.4 Å². The van der Waals surface area contributed by atoms with Gasteiger partial charge in [-0.2, -0.15) is 0 Å². The van der Waals surface area contributed by atoms with Crippen molar-refractivity contribution in [2.75, 3.05) is 26.4 Å². The van der Waals surface area contributed by atoms with E-state index in [0.29, 0.717) is 12.8 Å². The van der Waals surface area contributed by atoms with E-state index < -0.39 is 60.2 Å². The summed E-state index contributed by atoms with van der Waals surface area (Å²) in [7, 11) is 0. The van der Waals surface area contributed by atoms with Crippen LogP contribution >= 0.6 is 0 Å². The van der Waals surface area contributed by atoms with E-state index in [1.807, 2.05) is 0 Å². The third-order valence-corrected chi connectivity index (χ3v) is 9.75. The first-order valence-corrected chi connectivity index (χ1v) is 21.3. The number of carboxylic acid groups (broad SMARTS) is 4. The van der Waals surface area contributed by atoms with Crippen LogP contribution in [0.25, 0.3) is 0 Å². The number of carbonyl (C=O) groups excluding carboxylic acids is 5. The monoisotopic (exact) mass is 842 g/mol. The van der Waals surface area contributed by atoms with Crippen LogP contribution in [0.4, 0.5) is 0 Å². The Morgan fingerprint density at radius 3 is 1.37 bits per heavy atom. The van der Waals surface area contributed by atoms with Gasteiger partial charge in [0.25, 0.3) is 0 Å². The van der Waals surface area contributed by atoms with Crippen LogP contribution in [0.15, 0.2) is 0 Å². The van der Waals surface area contributed by atoms with Crippen molar-refractivity contribution in [1.29, 1.82) is 0 Å². The molecule has 2 amide bonds. The molecule has 0 unspecified atom stereocenters. The highest BCUT2D eigenvalue weighted by molar-refractivity contribution is 5.87. The summed E-state index contributed by atoms with van der Waals surface area (Å²) in [5.74, 6) is -7.53. The summed E-state index contributed by atoms with van der Waals surface area (Å²) in [6.07, 6.45) is 15.0. The Hall–Kier alpha value is -4.25. The van der Waals surface area contributed by atoms with Crippen molar-refractivity contribution in [2.45, 2.75) is 180 Å². The lowest BCUT2D eigenvalue weighted by Gasteiger charge is -2.15. The minimum Gasteiger partial charge on any atom is -0.481 e. The molecule has 0 saturated heterocycles. The second kappa shape index (κ2) is 35.7. The van der Waals surface area contributed by atoms with Gasteiger partial charge in [-0.15, -0.1) is 0 Å². The molecule has 17 heteroatoms. The molecule has 0 spiro atoms. The molecule has 0 aromatic carbocycles. The topological polar surface area (TPSA) is 277 Å². The first-order valence-electron chi connectivity index (χ1n) is 21.3. The largest absolute Gasteiger partial charge is 0.481 e. The van der Waals surface area contributed by atoms with E-state index in [1.165, 1.54) is 39.0 Å². The summed E-state index contributed by atoms with van der Waals surface area (Å²) in [6, 6.07) is -2.54. The van der Waals surface area contributed by atoms with Crippen molar-refractivity contribution in [3.8, 4) is 0 Å². The van der Waals surface area contributed by atoms with Crippen LogP contribution in [0.1, 0.15) is 167 Å². The van der Waals surface area contributed by atoms with E-state index in [2.05, 4.69) is 10.6 Å². The minimum atomic E-state index is -1.39. The third-order valence-electron chi connectivity index (χ3n) is 9.75. The molecule has 59 heavy (non-hydrogen) atoms. The summed E-state index contributed by atoms with van der Waals surface area (Å²) in [4.78, 5) is 105. The van der Waals surface area contributed by atoms with Crippen LogP contribution in [0.3, 0.4) is 0 Å². The molecule has 0 fully saturated rings.